The van der Waals surface area contributed by atoms with Crippen molar-refractivity contribution in [3.8, 4) is 11.5 Å². The second-order valence-corrected chi connectivity index (χ2v) is 6.56. The number of ether oxygens (including phenoxy) is 1. The highest BCUT2D eigenvalue weighted by molar-refractivity contribution is 7.89. The smallest absolute Gasteiger partial charge is 0.312 e. The van der Waals surface area contributed by atoms with Crippen molar-refractivity contribution in [2.24, 2.45) is 0 Å². The third kappa shape index (κ3) is 3.76. The Morgan fingerprint density at radius 3 is 2.43 bits per heavy atom. The second kappa shape index (κ2) is 6.49. The maximum Gasteiger partial charge on any atom is 0.312 e. The average molecular weight is 361 g/mol. The summed E-state index contributed by atoms with van der Waals surface area (Å²) in [4.78, 5) is 10.1. The summed E-state index contributed by atoms with van der Waals surface area (Å²) in [6.07, 6.45) is 0. The summed E-state index contributed by atoms with van der Waals surface area (Å²) in [6, 6.07) is 6.40. The molecule has 0 aliphatic heterocycles. The van der Waals surface area contributed by atoms with E-state index >= 15 is 0 Å². The molecule has 2 rings (SSSR count). The summed E-state index contributed by atoms with van der Waals surface area (Å²) >= 11 is 5.80. The highest BCUT2D eigenvalue weighted by Crippen LogP contribution is 2.36. The van der Waals surface area contributed by atoms with E-state index in [9.17, 15) is 22.9 Å². The Balaban J connectivity index is 2.48. The van der Waals surface area contributed by atoms with Crippen LogP contribution in [0.1, 0.15) is 0 Å². The van der Waals surface area contributed by atoms with Gasteiger partial charge in [0, 0.05) is 6.07 Å². The summed E-state index contributed by atoms with van der Waals surface area (Å²) in [5, 5.41) is 11.1. The lowest BCUT2D eigenvalue weighted by Crippen LogP contribution is -2.18. The number of nitrogens with zero attached hydrogens (tertiary/aromatic N) is 1. The van der Waals surface area contributed by atoms with Crippen LogP contribution in [-0.2, 0) is 10.0 Å². The van der Waals surface area contributed by atoms with Crippen LogP contribution in [0.3, 0.4) is 0 Å². The normalized spacial score (nSPS) is 11.3. The van der Waals surface area contributed by atoms with E-state index in [1.54, 1.807) is 0 Å². The molecule has 0 radical (unpaired) electrons. The van der Waals surface area contributed by atoms with Crippen molar-refractivity contribution in [2.45, 2.75) is 4.90 Å². The van der Waals surface area contributed by atoms with Crippen LogP contribution in [0.4, 0.5) is 10.1 Å². The van der Waals surface area contributed by atoms with E-state index in [1.807, 2.05) is 0 Å². The van der Waals surface area contributed by atoms with E-state index < -0.39 is 26.5 Å². The molecule has 0 spiro atoms. The first-order valence-electron chi connectivity index (χ1n) is 6.09. The van der Waals surface area contributed by atoms with E-state index in [2.05, 4.69) is 4.72 Å². The van der Waals surface area contributed by atoms with Crippen LogP contribution in [0.5, 0.6) is 11.5 Å². The molecule has 0 saturated heterocycles. The first-order chi connectivity index (χ1) is 10.7. The first-order valence-corrected chi connectivity index (χ1v) is 7.95. The molecule has 7 nitrogen and oxygen atoms in total. The Morgan fingerprint density at radius 2 is 1.87 bits per heavy atom. The largest absolute Gasteiger partial charge is 0.449 e. The molecule has 10 heteroatoms. The standard InChI is InChI=1S/C13H10ClFN2O5S/c1-16-23(20,21)9-3-5-13(11(7-9)17(18)19)22-12-4-2-8(15)6-10(12)14/h2-7,16H,1H3. The van der Waals surface area contributed by atoms with Crippen LogP contribution in [0.2, 0.25) is 5.02 Å². The number of sulfonamides is 1. The molecular weight excluding hydrogens is 351 g/mol. The molecule has 0 heterocycles. The number of nitro benzene ring substituents is 1. The van der Waals surface area contributed by atoms with E-state index in [0.29, 0.717) is 0 Å². The molecule has 2 aromatic carbocycles. The summed E-state index contributed by atoms with van der Waals surface area (Å²) < 4.78 is 43.8. The maximum atomic E-state index is 13.0. The van der Waals surface area contributed by atoms with Crippen molar-refractivity contribution >= 4 is 27.3 Å². The monoisotopic (exact) mass is 360 g/mol. The topological polar surface area (TPSA) is 98.5 Å². The molecule has 0 aromatic heterocycles. The van der Waals surface area contributed by atoms with E-state index in [0.717, 1.165) is 30.3 Å². The number of benzene rings is 2. The Kier molecular flexibility index (Phi) is 4.83. The average Bonchev–Trinajstić information content (AvgIpc) is 2.50. The Hall–Kier alpha value is -2.23. The zero-order chi connectivity index (χ0) is 17.2. The van der Waals surface area contributed by atoms with Gasteiger partial charge in [0.15, 0.2) is 0 Å². The van der Waals surface area contributed by atoms with Gasteiger partial charge in [-0.15, -0.1) is 0 Å². The van der Waals surface area contributed by atoms with Crippen molar-refractivity contribution in [1.82, 2.24) is 4.72 Å². The molecule has 1 N–H and O–H groups in total. The van der Waals surface area contributed by atoms with Gasteiger partial charge in [0.05, 0.1) is 14.8 Å². The predicted octanol–water partition coefficient (Wildman–Crippen LogP) is 3.09. The van der Waals surface area contributed by atoms with Crippen LogP contribution >= 0.6 is 11.6 Å². The quantitative estimate of drug-likeness (QED) is 0.652. The molecule has 122 valence electrons. The molecule has 0 bridgehead atoms. The molecule has 0 aliphatic carbocycles. The van der Waals surface area contributed by atoms with Crippen molar-refractivity contribution in [2.75, 3.05) is 7.05 Å². The minimum absolute atomic E-state index is 0.000361. The lowest BCUT2D eigenvalue weighted by atomic mass is 10.3. The number of halogens is 2. The molecule has 23 heavy (non-hydrogen) atoms. The van der Waals surface area contributed by atoms with Crippen LogP contribution in [0, 0.1) is 15.9 Å². The third-order valence-corrected chi connectivity index (χ3v) is 4.53. The molecule has 0 unspecified atom stereocenters. The Bertz CT molecular complexity index is 873. The minimum Gasteiger partial charge on any atom is -0.449 e. The third-order valence-electron chi connectivity index (χ3n) is 2.82. The fourth-order valence-electron chi connectivity index (χ4n) is 1.69. The number of hydrogen-bond donors (Lipinski definition) is 1. The predicted molar refractivity (Wildman–Crippen MR) is 80.8 cm³/mol. The molecule has 0 fully saturated rings. The fraction of sp³-hybridized carbons (Fsp3) is 0.0769. The van der Waals surface area contributed by atoms with Crippen LogP contribution in [0.15, 0.2) is 41.3 Å². The molecule has 0 atom stereocenters. The van der Waals surface area contributed by atoms with Crippen molar-refractivity contribution in [1.29, 1.82) is 0 Å². The summed E-state index contributed by atoms with van der Waals surface area (Å²) in [6.45, 7) is 0. The molecule has 0 aliphatic rings. The first kappa shape index (κ1) is 17.1. The van der Waals surface area contributed by atoms with E-state index in [1.165, 1.54) is 13.1 Å². The number of nitro groups is 1. The highest BCUT2D eigenvalue weighted by atomic mass is 35.5. The fourth-order valence-corrected chi connectivity index (χ4v) is 2.64. The number of rotatable bonds is 5. The van der Waals surface area contributed by atoms with Crippen LogP contribution in [0.25, 0.3) is 0 Å². The summed E-state index contributed by atoms with van der Waals surface area (Å²) in [7, 11) is -2.66. The Morgan fingerprint density at radius 1 is 1.22 bits per heavy atom. The molecule has 2 aromatic rings. The number of hydrogen-bond acceptors (Lipinski definition) is 5. The van der Waals surface area contributed by atoms with Gasteiger partial charge < -0.3 is 4.74 Å². The SMILES string of the molecule is CNS(=O)(=O)c1ccc(Oc2ccc(F)cc2Cl)c([N+](=O)[O-])c1. The summed E-state index contributed by atoms with van der Waals surface area (Å²) in [5.74, 6) is -0.814. The van der Waals surface area contributed by atoms with E-state index in [4.69, 9.17) is 16.3 Å². The lowest BCUT2D eigenvalue weighted by Gasteiger charge is -2.09. The van der Waals surface area contributed by atoms with Gasteiger partial charge in [-0.2, -0.15) is 0 Å². The number of nitrogens with one attached hydrogen (secondary N) is 1. The zero-order valence-corrected chi connectivity index (χ0v) is 13.2. The van der Waals surface area contributed by atoms with Crippen LogP contribution < -0.4 is 9.46 Å². The van der Waals surface area contributed by atoms with Crippen LogP contribution in [-0.4, -0.2) is 20.4 Å². The summed E-state index contributed by atoms with van der Waals surface area (Å²) in [5.41, 5.74) is -0.568. The zero-order valence-electron chi connectivity index (χ0n) is 11.6. The molecule has 0 saturated carbocycles. The van der Waals surface area contributed by atoms with Crippen molar-refractivity contribution in [3.05, 3.63) is 57.4 Å². The molecular formula is C13H10ClFN2O5S. The van der Waals surface area contributed by atoms with Gasteiger partial charge in [-0.05, 0) is 37.4 Å². The van der Waals surface area contributed by atoms with Gasteiger partial charge in [-0.3, -0.25) is 10.1 Å². The Labute approximate surface area is 135 Å². The van der Waals surface area contributed by atoms with Gasteiger partial charge in [0.25, 0.3) is 0 Å². The van der Waals surface area contributed by atoms with Gasteiger partial charge in [-0.25, -0.2) is 17.5 Å². The van der Waals surface area contributed by atoms with Crippen molar-refractivity contribution in [3.63, 3.8) is 0 Å². The van der Waals surface area contributed by atoms with E-state index in [-0.39, 0.29) is 21.4 Å². The second-order valence-electron chi connectivity index (χ2n) is 4.27. The van der Waals surface area contributed by atoms with Gasteiger partial charge in [-0.1, -0.05) is 11.6 Å². The van der Waals surface area contributed by atoms with Gasteiger partial charge in [0.2, 0.25) is 15.8 Å². The highest BCUT2D eigenvalue weighted by Gasteiger charge is 2.22. The van der Waals surface area contributed by atoms with Crippen molar-refractivity contribution < 1.29 is 22.5 Å². The molecule has 0 amide bonds. The maximum absolute atomic E-state index is 13.0. The van der Waals surface area contributed by atoms with Gasteiger partial charge in [0.1, 0.15) is 11.6 Å². The minimum atomic E-state index is -3.84. The van der Waals surface area contributed by atoms with Gasteiger partial charge >= 0.3 is 5.69 Å². The lowest BCUT2D eigenvalue weighted by molar-refractivity contribution is -0.385.